The second kappa shape index (κ2) is 12.2. The summed E-state index contributed by atoms with van der Waals surface area (Å²) in [5.41, 5.74) is 1.88. The Bertz CT molecular complexity index is 1660. The van der Waals surface area contributed by atoms with Gasteiger partial charge in [-0.3, -0.25) is 4.79 Å². The van der Waals surface area contributed by atoms with Gasteiger partial charge in [-0.05, 0) is 66.4 Å². The number of carboxylic acid groups (broad SMARTS) is 1. The number of halogens is 2. The summed E-state index contributed by atoms with van der Waals surface area (Å²) in [5.74, 6) is 0.502. The van der Waals surface area contributed by atoms with Crippen LogP contribution in [0, 0.1) is 0 Å². The molecule has 1 fully saturated rings. The Kier molecular flexibility index (Phi) is 8.52. The topological polar surface area (TPSA) is 103 Å². The van der Waals surface area contributed by atoms with E-state index in [1.807, 2.05) is 12.1 Å². The van der Waals surface area contributed by atoms with Crippen LogP contribution < -0.4 is 15.0 Å². The average Bonchev–Trinajstić information content (AvgIpc) is 2.96. The van der Waals surface area contributed by atoms with Crippen LogP contribution in [0.5, 0.6) is 11.5 Å². The normalized spacial score (nSPS) is 14.1. The first-order valence-electron chi connectivity index (χ1n) is 12.9. The lowest BCUT2D eigenvalue weighted by Crippen LogP contribution is -2.25. The third-order valence-corrected chi connectivity index (χ3v) is 7.71. The third-order valence-electron chi connectivity index (χ3n) is 6.93. The van der Waals surface area contributed by atoms with Crippen LogP contribution in [0.15, 0.2) is 69.0 Å². The van der Waals surface area contributed by atoms with Gasteiger partial charge in [0.25, 0.3) is 5.56 Å². The minimum atomic E-state index is -1.01. The summed E-state index contributed by atoms with van der Waals surface area (Å²) in [7, 11) is 1.50. The zero-order chi connectivity index (χ0) is 28.2. The van der Waals surface area contributed by atoms with E-state index < -0.39 is 5.97 Å². The largest absolute Gasteiger partial charge is 0.493 e. The molecule has 0 spiro atoms. The Morgan fingerprint density at radius 3 is 2.73 bits per heavy atom. The van der Waals surface area contributed by atoms with Gasteiger partial charge in [-0.1, -0.05) is 58.9 Å². The van der Waals surface area contributed by atoms with Gasteiger partial charge >= 0.3 is 5.97 Å². The minimum absolute atomic E-state index is 0.100. The molecule has 206 valence electrons. The van der Waals surface area contributed by atoms with Crippen LogP contribution in [-0.4, -0.2) is 34.1 Å². The summed E-state index contributed by atoms with van der Waals surface area (Å²) < 4.78 is 13.6. The van der Waals surface area contributed by atoms with Gasteiger partial charge in [0.2, 0.25) is 0 Å². The van der Waals surface area contributed by atoms with Crippen molar-refractivity contribution in [2.24, 2.45) is 5.10 Å². The molecule has 4 aromatic rings. The standard InChI is InChI=1S/C30H27BrClN3O5/c1-39-26-14-19(13-24(32)27(26)40-17-18-6-5-9-21(12-18)30(37)38)16-33-35-28(20-7-3-2-4-8-20)34-25-11-10-22(31)15-23(25)29(35)36/h5-6,9-16,20H,2-4,7-8,17H2,1H3,(H,37,38). The maximum atomic E-state index is 13.6. The second-order valence-electron chi connectivity index (χ2n) is 9.66. The van der Waals surface area contributed by atoms with Crippen molar-refractivity contribution in [3.05, 3.63) is 97.0 Å². The molecule has 5 rings (SSSR count). The zero-order valence-corrected chi connectivity index (χ0v) is 24.1. The molecule has 0 atom stereocenters. The summed E-state index contributed by atoms with van der Waals surface area (Å²) in [5, 5.41) is 14.6. The molecule has 1 saturated carbocycles. The number of nitrogens with zero attached hydrogens (tertiary/aromatic N) is 3. The van der Waals surface area contributed by atoms with E-state index in [-0.39, 0.29) is 28.7 Å². The van der Waals surface area contributed by atoms with Crippen LogP contribution in [0.25, 0.3) is 10.9 Å². The van der Waals surface area contributed by atoms with Crippen molar-refractivity contribution in [2.75, 3.05) is 7.11 Å². The molecule has 3 aromatic carbocycles. The first kappa shape index (κ1) is 27.9. The molecule has 10 heteroatoms. The fourth-order valence-electron chi connectivity index (χ4n) is 4.93. The van der Waals surface area contributed by atoms with Gasteiger partial charge in [0.15, 0.2) is 11.5 Å². The van der Waals surface area contributed by atoms with E-state index in [1.54, 1.807) is 42.6 Å². The van der Waals surface area contributed by atoms with Gasteiger partial charge in [0.1, 0.15) is 12.4 Å². The molecule has 0 bridgehead atoms. The highest BCUT2D eigenvalue weighted by atomic mass is 79.9. The smallest absolute Gasteiger partial charge is 0.335 e. The molecular formula is C30H27BrClN3O5. The van der Waals surface area contributed by atoms with E-state index in [0.717, 1.165) is 30.2 Å². The number of aromatic carboxylic acids is 1. The number of carbonyl (C=O) groups is 1. The van der Waals surface area contributed by atoms with Gasteiger partial charge in [0, 0.05) is 10.4 Å². The van der Waals surface area contributed by atoms with E-state index in [4.69, 9.17) is 26.1 Å². The number of ether oxygens (including phenoxy) is 2. The average molecular weight is 625 g/mol. The van der Waals surface area contributed by atoms with Crippen molar-refractivity contribution >= 4 is 50.6 Å². The van der Waals surface area contributed by atoms with Crippen molar-refractivity contribution in [1.82, 2.24) is 9.66 Å². The lowest BCUT2D eigenvalue weighted by atomic mass is 9.88. The maximum absolute atomic E-state index is 13.6. The molecule has 1 N–H and O–H groups in total. The predicted octanol–water partition coefficient (Wildman–Crippen LogP) is 7.03. The van der Waals surface area contributed by atoms with Crippen LogP contribution in [0.4, 0.5) is 0 Å². The molecule has 0 unspecified atom stereocenters. The van der Waals surface area contributed by atoms with Crippen LogP contribution in [0.1, 0.15) is 65.3 Å². The first-order valence-corrected chi connectivity index (χ1v) is 14.1. The molecular weight excluding hydrogens is 598 g/mol. The first-order chi connectivity index (χ1) is 19.3. The number of fused-ring (bicyclic) bond motifs is 1. The van der Waals surface area contributed by atoms with Gasteiger partial charge < -0.3 is 14.6 Å². The fourth-order valence-corrected chi connectivity index (χ4v) is 5.57. The van der Waals surface area contributed by atoms with Crippen LogP contribution in [-0.2, 0) is 6.61 Å². The summed E-state index contributed by atoms with van der Waals surface area (Å²) >= 11 is 10.0. The number of benzene rings is 3. The minimum Gasteiger partial charge on any atom is -0.493 e. The molecule has 1 aliphatic rings. The van der Waals surface area contributed by atoms with E-state index in [9.17, 15) is 14.7 Å². The molecule has 0 amide bonds. The van der Waals surface area contributed by atoms with Crippen molar-refractivity contribution in [3.63, 3.8) is 0 Å². The Hall–Kier alpha value is -3.69. The van der Waals surface area contributed by atoms with E-state index in [1.165, 1.54) is 24.3 Å². The van der Waals surface area contributed by atoms with Crippen molar-refractivity contribution in [2.45, 2.75) is 44.6 Å². The van der Waals surface area contributed by atoms with Crippen molar-refractivity contribution in [1.29, 1.82) is 0 Å². The number of hydrogen-bond donors (Lipinski definition) is 1. The summed E-state index contributed by atoms with van der Waals surface area (Å²) in [6, 6.07) is 15.4. The SMILES string of the molecule is COc1cc(C=Nn2c(C3CCCCC3)nc3ccc(Br)cc3c2=O)cc(Cl)c1OCc1cccc(C(=O)O)c1. The van der Waals surface area contributed by atoms with Gasteiger partial charge in [0.05, 0.1) is 34.8 Å². The fraction of sp³-hybridized carbons (Fsp3) is 0.267. The molecule has 1 heterocycles. The number of hydrogen-bond acceptors (Lipinski definition) is 6. The summed E-state index contributed by atoms with van der Waals surface area (Å²) in [6.45, 7) is 0.100. The number of rotatable bonds is 8. The molecule has 1 aromatic heterocycles. The monoisotopic (exact) mass is 623 g/mol. The second-order valence-corrected chi connectivity index (χ2v) is 11.0. The summed E-state index contributed by atoms with van der Waals surface area (Å²) in [6.07, 6.45) is 6.86. The number of aromatic nitrogens is 2. The Morgan fingerprint density at radius 1 is 1.18 bits per heavy atom. The highest BCUT2D eigenvalue weighted by Crippen LogP contribution is 2.37. The number of methoxy groups -OCH3 is 1. The van der Waals surface area contributed by atoms with Gasteiger partial charge in [-0.25, -0.2) is 9.78 Å². The van der Waals surface area contributed by atoms with Crippen LogP contribution >= 0.6 is 27.5 Å². The highest BCUT2D eigenvalue weighted by Gasteiger charge is 2.22. The molecule has 1 aliphatic carbocycles. The van der Waals surface area contributed by atoms with E-state index >= 15 is 0 Å². The van der Waals surface area contributed by atoms with Crippen LogP contribution in [0.3, 0.4) is 0 Å². The highest BCUT2D eigenvalue weighted by molar-refractivity contribution is 9.10. The number of carboxylic acids is 1. The molecule has 0 saturated heterocycles. The van der Waals surface area contributed by atoms with Gasteiger partial charge in [-0.2, -0.15) is 9.78 Å². The lowest BCUT2D eigenvalue weighted by molar-refractivity contribution is 0.0696. The van der Waals surface area contributed by atoms with Crippen LogP contribution in [0.2, 0.25) is 5.02 Å². The third kappa shape index (κ3) is 6.05. The Labute approximate surface area is 244 Å². The van der Waals surface area contributed by atoms with Gasteiger partial charge in [-0.15, -0.1) is 0 Å². The molecule has 0 aliphatic heterocycles. The molecule has 40 heavy (non-hydrogen) atoms. The summed E-state index contributed by atoms with van der Waals surface area (Å²) in [4.78, 5) is 29.7. The Balaban J connectivity index is 1.47. The van der Waals surface area contributed by atoms with Crippen molar-refractivity contribution in [3.8, 4) is 11.5 Å². The molecule has 8 nitrogen and oxygen atoms in total. The predicted molar refractivity (Wildman–Crippen MR) is 158 cm³/mol. The van der Waals surface area contributed by atoms with E-state index in [2.05, 4.69) is 21.0 Å². The van der Waals surface area contributed by atoms with Crippen molar-refractivity contribution < 1.29 is 19.4 Å². The molecule has 0 radical (unpaired) electrons. The maximum Gasteiger partial charge on any atom is 0.335 e. The lowest BCUT2D eigenvalue weighted by Gasteiger charge is -2.22. The Morgan fingerprint density at radius 2 is 1.98 bits per heavy atom. The zero-order valence-electron chi connectivity index (χ0n) is 21.8. The van der Waals surface area contributed by atoms with E-state index in [0.29, 0.717) is 39.4 Å². The quantitative estimate of drug-likeness (QED) is 0.211.